The minimum Gasteiger partial charge on any atom is -0.496 e. The molecule has 31 nitrogen and oxygen atoms in total. The van der Waals surface area contributed by atoms with E-state index in [-0.39, 0.29) is 157 Å². The van der Waals surface area contributed by atoms with Crippen LogP contribution in [0.4, 0.5) is 22.7 Å². The highest BCUT2D eigenvalue weighted by Gasteiger charge is 2.29. The minimum absolute atomic E-state index is 0.0191. The number of ether oxygens (including phenoxy) is 4. The summed E-state index contributed by atoms with van der Waals surface area (Å²) in [4.78, 5) is 110. The molecule has 0 unspecified atom stereocenters. The maximum absolute atomic E-state index is 14.3. The molecular weight excluding hydrogens is 1120 g/mol. The van der Waals surface area contributed by atoms with Gasteiger partial charge in [-0.1, -0.05) is 0 Å². The number of hydrogen-bond acceptors (Lipinski definition) is 17. The lowest BCUT2D eigenvalue weighted by molar-refractivity contribution is -0.118. The topological polar surface area (TPSA) is 507 Å². The Morgan fingerprint density at radius 2 is 0.686 bits per heavy atom. The Kier molecular flexibility index (Phi) is 27.1. The van der Waals surface area contributed by atoms with E-state index < -0.39 is 71.4 Å². The van der Waals surface area contributed by atoms with Crippen molar-refractivity contribution >= 4 is 87.9 Å². The summed E-state index contributed by atoms with van der Waals surface area (Å²) in [5.74, 6) is -6.09. The SMILES string of the molecule is COc1ccc(NC(=O)[C@@H](CCCNC(=N)N)NC(=O)c2cc(NC(=O)[C@@H](CCCNC(=N)N)NC(=O)c3cc(NC(=O)[C@@H](CCCNC(=N)N)NC(=O)c4cc(NC(=O)[C@@H](C)N)ccc4OC)ccc3OC)ccc2OC)cc1C(=O)NCCN. The molecule has 0 bridgehead atoms. The van der Waals surface area contributed by atoms with Crippen LogP contribution in [0, 0.1) is 16.2 Å². The van der Waals surface area contributed by atoms with Crippen molar-refractivity contribution < 1.29 is 57.3 Å². The molecule has 0 aliphatic carbocycles. The normalized spacial score (nSPS) is 11.9. The van der Waals surface area contributed by atoms with Crippen molar-refractivity contribution in [1.29, 1.82) is 16.2 Å². The zero-order chi connectivity index (χ0) is 63.5. The van der Waals surface area contributed by atoms with Gasteiger partial charge in [0.05, 0.1) is 56.7 Å². The Labute approximate surface area is 495 Å². The monoisotopic (exact) mass is 1200 g/mol. The molecule has 0 saturated carbocycles. The van der Waals surface area contributed by atoms with Crippen molar-refractivity contribution in [3.8, 4) is 23.0 Å². The molecule has 31 heteroatoms. The molecule has 24 N–H and O–H groups in total. The molecule has 0 spiro atoms. The van der Waals surface area contributed by atoms with Crippen LogP contribution in [0.3, 0.4) is 0 Å². The van der Waals surface area contributed by atoms with E-state index in [0.29, 0.717) is 0 Å². The lowest BCUT2D eigenvalue weighted by Gasteiger charge is -2.22. The van der Waals surface area contributed by atoms with E-state index in [1.807, 2.05) is 0 Å². The summed E-state index contributed by atoms with van der Waals surface area (Å²) in [6, 6.07) is 12.3. The van der Waals surface area contributed by atoms with Crippen molar-refractivity contribution in [3.63, 3.8) is 0 Å². The number of nitrogens with one attached hydrogen (secondary N) is 14. The Bertz CT molecular complexity index is 3110. The second kappa shape index (κ2) is 34.2. The minimum atomic E-state index is -1.31. The van der Waals surface area contributed by atoms with Crippen LogP contribution in [0.5, 0.6) is 23.0 Å². The number of methoxy groups -OCH3 is 4. The van der Waals surface area contributed by atoms with Gasteiger partial charge in [0.1, 0.15) is 41.1 Å². The molecule has 4 rings (SSSR count). The fraction of sp³-hybridized carbons (Fsp3) is 0.364. The number of rotatable bonds is 33. The van der Waals surface area contributed by atoms with Gasteiger partial charge in [0.15, 0.2) is 17.9 Å². The van der Waals surface area contributed by atoms with E-state index in [2.05, 4.69) is 58.5 Å². The number of amides is 8. The first-order valence-electron chi connectivity index (χ1n) is 26.9. The maximum atomic E-state index is 14.3. The second-order valence-electron chi connectivity index (χ2n) is 19.0. The van der Waals surface area contributed by atoms with Gasteiger partial charge in [0.2, 0.25) is 23.6 Å². The average molecular weight is 1200 g/mol. The zero-order valence-electron chi connectivity index (χ0n) is 48.3. The van der Waals surface area contributed by atoms with Gasteiger partial charge in [-0.05, 0) is 118 Å². The summed E-state index contributed by atoms with van der Waals surface area (Å²) in [6.07, 6.45) is 0.693. The number of guanidine groups is 3. The summed E-state index contributed by atoms with van der Waals surface area (Å²) in [5, 5.41) is 52.2. The fourth-order valence-electron chi connectivity index (χ4n) is 8.18. The molecule has 8 amide bonds. The van der Waals surface area contributed by atoms with Gasteiger partial charge in [0.25, 0.3) is 23.6 Å². The Morgan fingerprint density at radius 3 is 0.930 bits per heavy atom. The van der Waals surface area contributed by atoms with E-state index in [4.69, 9.17) is 63.8 Å². The molecule has 4 aromatic rings. The summed E-state index contributed by atoms with van der Waals surface area (Å²) < 4.78 is 21.8. The quantitative estimate of drug-likeness (QED) is 0.0165. The smallest absolute Gasteiger partial charge is 0.255 e. The van der Waals surface area contributed by atoms with Crippen molar-refractivity contribution in [2.75, 3.05) is 82.4 Å². The zero-order valence-corrected chi connectivity index (χ0v) is 48.3. The molecule has 0 aliphatic rings. The molecule has 4 aromatic carbocycles. The van der Waals surface area contributed by atoms with E-state index in [1.165, 1.54) is 108 Å². The van der Waals surface area contributed by atoms with Gasteiger partial charge < -0.3 is 106 Å². The van der Waals surface area contributed by atoms with Crippen molar-refractivity contribution in [1.82, 2.24) is 37.2 Å². The summed E-state index contributed by atoms with van der Waals surface area (Å²) >= 11 is 0. The molecule has 0 heterocycles. The van der Waals surface area contributed by atoms with Crippen LogP contribution >= 0.6 is 0 Å². The lowest BCUT2D eigenvalue weighted by Crippen LogP contribution is -2.45. The summed E-state index contributed by atoms with van der Waals surface area (Å²) in [5.41, 5.74) is 28.1. The van der Waals surface area contributed by atoms with Gasteiger partial charge in [-0.2, -0.15) is 0 Å². The lowest BCUT2D eigenvalue weighted by atomic mass is 10.1. The maximum Gasteiger partial charge on any atom is 0.255 e. The third-order valence-electron chi connectivity index (χ3n) is 12.5. The van der Waals surface area contributed by atoms with Crippen LogP contribution in [0.15, 0.2) is 72.8 Å². The van der Waals surface area contributed by atoms with Gasteiger partial charge in [-0.25, -0.2) is 0 Å². The summed E-state index contributed by atoms with van der Waals surface area (Å²) in [6.45, 7) is 2.30. The number of nitrogens with two attached hydrogens (primary N) is 5. The Balaban J connectivity index is 1.61. The molecule has 0 saturated heterocycles. The first-order chi connectivity index (χ1) is 41.0. The van der Waals surface area contributed by atoms with E-state index >= 15 is 0 Å². The molecule has 464 valence electrons. The van der Waals surface area contributed by atoms with Crippen molar-refractivity contribution in [2.45, 2.75) is 69.6 Å². The predicted octanol–water partition coefficient (Wildman–Crippen LogP) is -0.304. The highest BCUT2D eigenvalue weighted by atomic mass is 16.5. The molecule has 0 aliphatic heterocycles. The summed E-state index contributed by atoms with van der Waals surface area (Å²) in [7, 11) is 5.32. The fourth-order valence-corrected chi connectivity index (χ4v) is 8.18. The van der Waals surface area contributed by atoms with Crippen LogP contribution in [0.25, 0.3) is 0 Å². The van der Waals surface area contributed by atoms with Crippen LogP contribution < -0.4 is 106 Å². The third-order valence-corrected chi connectivity index (χ3v) is 12.5. The van der Waals surface area contributed by atoms with E-state index in [0.717, 1.165) is 0 Å². The highest BCUT2D eigenvalue weighted by Crippen LogP contribution is 2.28. The first kappa shape index (κ1) is 68.1. The van der Waals surface area contributed by atoms with Gasteiger partial charge in [-0.15, -0.1) is 0 Å². The number of hydrogen-bond donors (Lipinski definition) is 19. The largest absolute Gasteiger partial charge is 0.496 e. The van der Waals surface area contributed by atoms with Crippen LogP contribution in [0.1, 0.15) is 86.9 Å². The van der Waals surface area contributed by atoms with Crippen LogP contribution in [-0.4, -0.2) is 150 Å². The average Bonchev–Trinajstić information content (AvgIpc) is 3.63. The number of carbonyl (C=O) groups excluding carboxylic acids is 8. The van der Waals surface area contributed by atoms with E-state index in [1.54, 1.807) is 0 Å². The molecule has 4 atom stereocenters. The highest BCUT2D eigenvalue weighted by molar-refractivity contribution is 6.08. The molecule has 86 heavy (non-hydrogen) atoms. The van der Waals surface area contributed by atoms with Gasteiger partial charge in [-0.3, -0.25) is 54.6 Å². The first-order valence-corrected chi connectivity index (χ1v) is 26.9. The third kappa shape index (κ3) is 21.4. The number of benzene rings is 4. The number of carbonyl (C=O) groups is 8. The van der Waals surface area contributed by atoms with Gasteiger partial charge >= 0.3 is 0 Å². The Hall–Kier alpha value is -10.4. The van der Waals surface area contributed by atoms with Gasteiger partial charge in [0, 0.05) is 55.5 Å². The molecule has 0 fully saturated rings. The standard InChI is InChI=1S/C55H77N19O12/c1-29(57)45(75)68-30-12-17-42(84-3)35(26-30)47(77)72-39(10-7-22-66-54(60)61)51(81)70-32-14-19-44(86-5)37(28-32)49(79)74-40(11-8-23-67-55(62)63)52(82)71-33-15-18-43(85-4)36(27-33)48(78)73-38(9-6-21-65-53(58)59)50(80)69-31-13-16-41(83-2)34(25-31)46(76)64-24-20-56/h12-19,25-29,38-40H,6-11,20-24,56-57H2,1-5H3,(H,64,76)(H,68,75)(H,69,80)(H,70,81)(H,71,82)(H,72,77)(H,73,78)(H,74,79)(H4,58,59,65)(H4,60,61,66)(H4,62,63,67)/t29-,38-,39-,40-/m1/s1. The van der Waals surface area contributed by atoms with E-state index in [9.17, 15) is 38.4 Å². The van der Waals surface area contributed by atoms with Crippen molar-refractivity contribution in [2.24, 2.45) is 28.7 Å². The van der Waals surface area contributed by atoms with Crippen LogP contribution in [-0.2, 0) is 19.2 Å². The van der Waals surface area contributed by atoms with Crippen LogP contribution in [0.2, 0.25) is 0 Å². The Morgan fingerprint density at radius 1 is 0.419 bits per heavy atom. The molecule has 0 radical (unpaired) electrons. The predicted molar refractivity (Wildman–Crippen MR) is 323 cm³/mol. The molecular formula is C55H77N19O12. The molecule has 0 aromatic heterocycles. The second-order valence-corrected chi connectivity index (χ2v) is 19.0. The number of anilines is 4. The van der Waals surface area contributed by atoms with Crippen molar-refractivity contribution in [3.05, 3.63) is 95.1 Å².